The summed E-state index contributed by atoms with van der Waals surface area (Å²) in [6, 6.07) is 11.8. The first-order valence-corrected chi connectivity index (χ1v) is 11.6. The molecule has 1 atom stereocenters. The number of hydrogen-bond donors (Lipinski definition) is 1. The van der Waals surface area contributed by atoms with Gasteiger partial charge in [-0.15, -0.1) is 0 Å². The van der Waals surface area contributed by atoms with Gasteiger partial charge in [-0.05, 0) is 49.9 Å². The van der Waals surface area contributed by atoms with E-state index in [0.717, 1.165) is 28.1 Å². The summed E-state index contributed by atoms with van der Waals surface area (Å²) in [4.78, 5) is 12.4. The predicted octanol–water partition coefficient (Wildman–Crippen LogP) is 4.26. The van der Waals surface area contributed by atoms with E-state index in [-0.39, 0.29) is 37.0 Å². The van der Waals surface area contributed by atoms with E-state index in [1.807, 2.05) is 32.9 Å². The maximum absolute atomic E-state index is 14.0. The number of anilines is 1. The Balaban J connectivity index is 2.01. The molecule has 29 heavy (non-hydrogen) atoms. The number of rotatable bonds is 9. The van der Waals surface area contributed by atoms with Gasteiger partial charge in [0.05, 0.1) is 18.0 Å². The number of benzene rings is 2. The minimum absolute atomic E-state index is 0.00266. The van der Waals surface area contributed by atoms with Gasteiger partial charge in [0.15, 0.2) is 0 Å². The van der Waals surface area contributed by atoms with Crippen LogP contribution >= 0.6 is 0 Å². The Bertz CT molecular complexity index is 960. The average Bonchev–Trinajstić information content (AvgIpc) is 2.64. The number of halogens is 1. The fourth-order valence-electron chi connectivity index (χ4n) is 3.38. The van der Waals surface area contributed by atoms with Crippen LogP contribution in [0.5, 0.6) is 0 Å². The lowest BCUT2D eigenvalue weighted by Gasteiger charge is -2.23. The summed E-state index contributed by atoms with van der Waals surface area (Å²) < 4.78 is 39.2. The first-order valence-electron chi connectivity index (χ1n) is 9.72. The van der Waals surface area contributed by atoms with E-state index in [9.17, 15) is 17.6 Å². The second-order valence-electron chi connectivity index (χ2n) is 7.28. The zero-order chi connectivity index (χ0) is 21.6. The Kier molecular flexibility index (Phi) is 7.79. The zero-order valence-electron chi connectivity index (χ0n) is 17.4. The first-order chi connectivity index (χ1) is 13.6. The van der Waals surface area contributed by atoms with Gasteiger partial charge in [0.25, 0.3) is 0 Å². The molecule has 0 radical (unpaired) electrons. The molecule has 0 aliphatic rings. The Labute approximate surface area is 173 Å². The van der Waals surface area contributed by atoms with Crippen molar-refractivity contribution in [1.82, 2.24) is 5.32 Å². The molecule has 0 aliphatic carbocycles. The van der Waals surface area contributed by atoms with Crippen LogP contribution in [0.4, 0.5) is 10.1 Å². The molecule has 0 spiro atoms. The van der Waals surface area contributed by atoms with E-state index < -0.39 is 15.8 Å². The Morgan fingerprint density at radius 2 is 1.86 bits per heavy atom. The van der Waals surface area contributed by atoms with Crippen molar-refractivity contribution >= 4 is 21.6 Å². The third-order valence-electron chi connectivity index (χ3n) is 4.83. The van der Waals surface area contributed by atoms with Gasteiger partial charge in [0.1, 0.15) is 5.82 Å². The highest BCUT2D eigenvalue weighted by molar-refractivity contribution is 7.92. The molecule has 2 aromatic rings. The number of sulfonamides is 1. The number of carbonyl (C=O) groups excluding carboxylic acids is 1. The van der Waals surface area contributed by atoms with Crippen molar-refractivity contribution in [2.24, 2.45) is 0 Å². The zero-order valence-corrected chi connectivity index (χ0v) is 18.2. The molecule has 0 fully saturated rings. The molecule has 0 unspecified atom stereocenters. The van der Waals surface area contributed by atoms with Crippen LogP contribution in [0.3, 0.4) is 0 Å². The SMILES string of the molecule is CC[C@H](NC(=O)CCCN(c1ccccc1F)S(C)(=O)=O)c1ccc(C)cc1C. The van der Waals surface area contributed by atoms with Crippen LogP contribution in [0.25, 0.3) is 0 Å². The number of carbonyl (C=O) groups is 1. The van der Waals surface area contributed by atoms with Crippen molar-refractivity contribution in [2.75, 3.05) is 17.1 Å². The highest BCUT2D eigenvalue weighted by Crippen LogP contribution is 2.23. The van der Waals surface area contributed by atoms with E-state index >= 15 is 0 Å². The standard InChI is InChI=1S/C22H29FN2O3S/c1-5-20(18-13-12-16(2)15-17(18)3)24-22(26)11-8-14-25(29(4,27)28)21-10-7-6-9-19(21)23/h6-7,9-10,12-13,15,20H,5,8,11,14H2,1-4H3,(H,24,26)/t20-/m0/s1. The van der Waals surface area contributed by atoms with Gasteiger partial charge in [-0.3, -0.25) is 9.10 Å². The summed E-state index contributed by atoms with van der Waals surface area (Å²) in [6.07, 6.45) is 2.23. The highest BCUT2D eigenvalue weighted by Gasteiger charge is 2.21. The molecule has 0 saturated carbocycles. The molecule has 7 heteroatoms. The lowest BCUT2D eigenvalue weighted by Crippen LogP contribution is -2.33. The summed E-state index contributed by atoms with van der Waals surface area (Å²) >= 11 is 0. The fraction of sp³-hybridized carbons (Fsp3) is 0.409. The van der Waals surface area contributed by atoms with Crippen molar-refractivity contribution in [2.45, 2.75) is 46.1 Å². The van der Waals surface area contributed by atoms with Crippen LogP contribution in [0.1, 0.15) is 48.9 Å². The van der Waals surface area contributed by atoms with Crippen LogP contribution in [-0.2, 0) is 14.8 Å². The molecule has 0 aromatic heterocycles. The van der Waals surface area contributed by atoms with Crippen LogP contribution in [0, 0.1) is 19.7 Å². The number of hydrogen-bond acceptors (Lipinski definition) is 3. The second kappa shape index (κ2) is 9.87. The summed E-state index contributed by atoms with van der Waals surface area (Å²) in [5.74, 6) is -0.762. The number of aryl methyl sites for hydroxylation is 2. The molecule has 5 nitrogen and oxygen atoms in total. The fourth-order valence-corrected chi connectivity index (χ4v) is 4.35. The quantitative estimate of drug-likeness (QED) is 0.659. The van der Waals surface area contributed by atoms with Crippen LogP contribution < -0.4 is 9.62 Å². The van der Waals surface area contributed by atoms with E-state index in [2.05, 4.69) is 11.4 Å². The molecule has 0 bridgehead atoms. The number of amides is 1. The van der Waals surface area contributed by atoms with E-state index in [4.69, 9.17) is 0 Å². The molecular weight excluding hydrogens is 391 g/mol. The largest absolute Gasteiger partial charge is 0.349 e. The van der Waals surface area contributed by atoms with Crippen molar-refractivity contribution in [3.8, 4) is 0 Å². The molecule has 158 valence electrons. The van der Waals surface area contributed by atoms with Gasteiger partial charge < -0.3 is 5.32 Å². The predicted molar refractivity (Wildman–Crippen MR) is 115 cm³/mol. The minimum atomic E-state index is -3.66. The van der Waals surface area contributed by atoms with Gasteiger partial charge in [0, 0.05) is 13.0 Å². The van der Waals surface area contributed by atoms with Crippen LogP contribution in [-0.4, -0.2) is 27.1 Å². The monoisotopic (exact) mass is 420 g/mol. The van der Waals surface area contributed by atoms with Crippen molar-refractivity contribution in [1.29, 1.82) is 0 Å². The molecular formula is C22H29FN2O3S. The highest BCUT2D eigenvalue weighted by atomic mass is 32.2. The molecule has 0 aliphatic heterocycles. The van der Waals surface area contributed by atoms with Gasteiger partial charge in [0.2, 0.25) is 15.9 Å². The molecule has 2 rings (SSSR count). The Morgan fingerprint density at radius 1 is 1.17 bits per heavy atom. The number of para-hydroxylation sites is 1. The van der Waals surface area contributed by atoms with Gasteiger partial charge in [-0.25, -0.2) is 12.8 Å². The third-order valence-corrected chi connectivity index (χ3v) is 6.01. The summed E-state index contributed by atoms with van der Waals surface area (Å²) in [7, 11) is -3.66. The summed E-state index contributed by atoms with van der Waals surface area (Å²) in [5, 5.41) is 3.03. The van der Waals surface area contributed by atoms with E-state index in [1.165, 1.54) is 23.8 Å². The summed E-state index contributed by atoms with van der Waals surface area (Å²) in [5.41, 5.74) is 3.37. The lowest BCUT2D eigenvalue weighted by molar-refractivity contribution is -0.121. The summed E-state index contributed by atoms with van der Waals surface area (Å²) in [6.45, 7) is 6.09. The topological polar surface area (TPSA) is 66.5 Å². The smallest absolute Gasteiger partial charge is 0.232 e. The molecule has 0 heterocycles. The maximum atomic E-state index is 14.0. The lowest BCUT2D eigenvalue weighted by atomic mass is 9.97. The third kappa shape index (κ3) is 6.29. The normalized spacial score (nSPS) is 12.4. The number of nitrogens with zero attached hydrogens (tertiary/aromatic N) is 1. The first kappa shape index (κ1) is 22.9. The maximum Gasteiger partial charge on any atom is 0.232 e. The molecule has 0 saturated heterocycles. The van der Waals surface area contributed by atoms with E-state index in [0.29, 0.717) is 0 Å². The van der Waals surface area contributed by atoms with E-state index in [1.54, 1.807) is 6.07 Å². The number of nitrogens with one attached hydrogen (secondary N) is 1. The molecule has 1 N–H and O–H groups in total. The minimum Gasteiger partial charge on any atom is -0.349 e. The van der Waals surface area contributed by atoms with Gasteiger partial charge in [-0.2, -0.15) is 0 Å². The molecule has 2 aromatic carbocycles. The van der Waals surface area contributed by atoms with Crippen molar-refractivity contribution in [3.63, 3.8) is 0 Å². The molecule has 1 amide bonds. The van der Waals surface area contributed by atoms with Crippen molar-refractivity contribution in [3.05, 3.63) is 65.0 Å². The second-order valence-corrected chi connectivity index (χ2v) is 9.19. The van der Waals surface area contributed by atoms with Crippen LogP contribution in [0.15, 0.2) is 42.5 Å². The Hall–Kier alpha value is -2.41. The van der Waals surface area contributed by atoms with Crippen molar-refractivity contribution < 1.29 is 17.6 Å². The van der Waals surface area contributed by atoms with Gasteiger partial charge >= 0.3 is 0 Å². The van der Waals surface area contributed by atoms with Crippen LogP contribution in [0.2, 0.25) is 0 Å². The van der Waals surface area contributed by atoms with Gasteiger partial charge in [-0.1, -0.05) is 42.8 Å². The Morgan fingerprint density at radius 3 is 2.45 bits per heavy atom. The average molecular weight is 421 g/mol.